The van der Waals surface area contributed by atoms with E-state index in [1.54, 1.807) is 18.2 Å². The second-order valence-electron chi connectivity index (χ2n) is 4.77. The minimum Gasteiger partial charge on any atom is -0.348 e. The van der Waals surface area contributed by atoms with Gasteiger partial charge in [-0.1, -0.05) is 29.3 Å². The highest BCUT2D eigenvalue weighted by Gasteiger charge is 2.08. The number of carbonyl (C=O) groups is 1. The van der Waals surface area contributed by atoms with Crippen LogP contribution < -0.4 is 11.0 Å². The fourth-order valence-corrected chi connectivity index (χ4v) is 2.41. The number of imidazole rings is 1. The molecule has 1 aromatic heterocycles. The Morgan fingerprint density at radius 1 is 1.00 bits per heavy atom. The van der Waals surface area contributed by atoms with Crippen LogP contribution in [0.15, 0.2) is 41.2 Å². The molecule has 0 atom stereocenters. The topological polar surface area (TPSA) is 77.8 Å². The Morgan fingerprint density at radius 2 is 1.77 bits per heavy atom. The summed E-state index contributed by atoms with van der Waals surface area (Å²) in [5.41, 5.74) is 2.48. The molecule has 112 valence electrons. The molecule has 22 heavy (non-hydrogen) atoms. The quantitative estimate of drug-likeness (QED) is 0.687. The molecule has 1 amide bonds. The number of H-pyrrole nitrogens is 2. The maximum absolute atomic E-state index is 12.1. The van der Waals surface area contributed by atoms with E-state index in [9.17, 15) is 9.59 Å². The molecule has 0 aliphatic heterocycles. The highest BCUT2D eigenvalue weighted by molar-refractivity contribution is 6.42. The minimum atomic E-state index is -0.257. The average molecular weight is 336 g/mol. The maximum atomic E-state index is 12.1. The van der Waals surface area contributed by atoms with E-state index in [-0.39, 0.29) is 11.6 Å². The zero-order valence-electron chi connectivity index (χ0n) is 11.2. The van der Waals surface area contributed by atoms with Gasteiger partial charge in [0.15, 0.2) is 0 Å². The van der Waals surface area contributed by atoms with Gasteiger partial charge in [0.25, 0.3) is 5.91 Å². The summed E-state index contributed by atoms with van der Waals surface area (Å²) >= 11 is 11.7. The smallest absolute Gasteiger partial charge is 0.323 e. The van der Waals surface area contributed by atoms with Gasteiger partial charge < -0.3 is 15.3 Å². The van der Waals surface area contributed by atoms with Crippen LogP contribution in [0, 0.1) is 0 Å². The first-order chi connectivity index (χ1) is 10.5. The van der Waals surface area contributed by atoms with Gasteiger partial charge >= 0.3 is 5.69 Å². The number of hydrogen-bond donors (Lipinski definition) is 3. The first-order valence-electron chi connectivity index (χ1n) is 6.47. The summed E-state index contributed by atoms with van der Waals surface area (Å²) in [6.07, 6.45) is 0. The molecule has 0 saturated heterocycles. The van der Waals surface area contributed by atoms with E-state index in [1.807, 2.05) is 12.1 Å². The highest BCUT2D eigenvalue weighted by atomic mass is 35.5. The summed E-state index contributed by atoms with van der Waals surface area (Å²) < 4.78 is 0. The standard InChI is InChI=1S/C15H11Cl2N3O2/c16-10-3-2-9(6-11(10)17)14(21)18-7-8-1-4-12-13(5-8)20-15(22)19-12/h1-6H,7H2,(H,18,21)(H2,19,20,22). The van der Waals surface area contributed by atoms with Crippen LogP contribution in [0.3, 0.4) is 0 Å². The Morgan fingerprint density at radius 3 is 2.55 bits per heavy atom. The van der Waals surface area contributed by atoms with Gasteiger partial charge in [-0.05, 0) is 35.9 Å². The Hall–Kier alpha value is -2.24. The Labute approximate surface area is 135 Å². The summed E-state index contributed by atoms with van der Waals surface area (Å²) in [4.78, 5) is 28.6. The lowest BCUT2D eigenvalue weighted by molar-refractivity contribution is 0.0951. The molecule has 3 rings (SSSR count). The molecule has 3 N–H and O–H groups in total. The van der Waals surface area contributed by atoms with Crippen LogP contribution in [-0.4, -0.2) is 15.9 Å². The summed E-state index contributed by atoms with van der Waals surface area (Å²) in [6.45, 7) is 0.336. The average Bonchev–Trinajstić information content (AvgIpc) is 2.86. The van der Waals surface area contributed by atoms with E-state index in [1.165, 1.54) is 6.07 Å². The van der Waals surface area contributed by atoms with Crippen LogP contribution in [0.5, 0.6) is 0 Å². The SMILES string of the molecule is O=C(NCc1ccc2[nH]c(=O)[nH]c2c1)c1ccc(Cl)c(Cl)c1. The van der Waals surface area contributed by atoms with Crippen molar-refractivity contribution in [2.24, 2.45) is 0 Å². The van der Waals surface area contributed by atoms with Crippen molar-refractivity contribution in [3.8, 4) is 0 Å². The van der Waals surface area contributed by atoms with Crippen molar-refractivity contribution in [1.29, 1.82) is 0 Å². The molecule has 2 aromatic carbocycles. The number of aromatic nitrogens is 2. The first-order valence-corrected chi connectivity index (χ1v) is 7.23. The van der Waals surface area contributed by atoms with Crippen molar-refractivity contribution >= 4 is 40.1 Å². The molecule has 0 saturated carbocycles. The third-order valence-corrected chi connectivity index (χ3v) is 3.95. The van der Waals surface area contributed by atoms with E-state index in [0.29, 0.717) is 27.7 Å². The summed E-state index contributed by atoms with van der Waals surface area (Å²) in [5.74, 6) is -0.249. The molecule has 0 aliphatic carbocycles. The molecule has 1 heterocycles. The van der Waals surface area contributed by atoms with Crippen LogP contribution in [0.1, 0.15) is 15.9 Å². The molecule has 3 aromatic rings. The summed E-state index contributed by atoms with van der Waals surface area (Å²) in [6, 6.07) is 10.1. The van der Waals surface area contributed by atoms with Crippen molar-refractivity contribution in [3.63, 3.8) is 0 Å². The van der Waals surface area contributed by atoms with Crippen molar-refractivity contribution in [1.82, 2.24) is 15.3 Å². The van der Waals surface area contributed by atoms with Crippen LogP contribution in [-0.2, 0) is 6.54 Å². The van der Waals surface area contributed by atoms with Gasteiger partial charge in [0.05, 0.1) is 21.1 Å². The largest absolute Gasteiger partial charge is 0.348 e. The molecule has 0 unspecified atom stereocenters. The zero-order chi connectivity index (χ0) is 15.7. The van der Waals surface area contributed by atoms with E-state index in [2.05, 4.69) is 15.3 Å². The third-order valence-electron chi connectivity index (χ3n) is 3.22. The van der Waals surface area contributed by atoms with Crippen molar-refractivity contribution in [3.05, 3.63) is 68.1 Å². The lowest BCUT2D eigenvalue weighted by Crippen LogP contribution is -2.22. The summed E-state index contributed by atoms with van der Waals surface area (Å²) in [5, 5.41) is 3.53. The molecular formula is C15H11Cl2N3O2. The number of halogens is 2. The summed E-state index contributed by atoms with van der Waals surface area (Å²) in [7, 11) is 0. The van der Waals surface area contributed by atoms with E-state index in [0.717, 1.165) is 11.1 Å². The lowest BCUT2D eigenvalue weighted by atomic mass is 10.1. The fourth-order valence-electron chi connectivity index (χ4n) is 2.11. The zero-order valence-corrected chi connectivity index (χ0v) is 12.8. The van der Waals surface area contributed by atoms with Gasteiger partial charge in [-0.15, -0.1) is 0 Å². The second kappa shape index (κ2) is 5.87. The van der Waals surface area contributed by atoms with Crippen molar-refractivity contribution < 1.29 is 4.79 Å². The van der Waals surface area contributed by atoms with Gasteiger partial charge in [-0.25, -0.2) is 4.79 Å². The van der Waals surface area contributed by atoms with E-state index < -0.39 is 0 Å². The Kier molecular flexibility index (Phi) is 3.92. The normalized spacial score (nSPS) is 10.8. The number of fused-ring (bicyclic) bond motifs is 1. The number of carbonyl (C=O) groups excluding carboxylic acids is 1. The number of nitrogens with one attached hydrogen (secondary N) is 3. The first kappa shape index (κ1) is 14.7. The molecule has 0 radical (unpaired) electrons. The highest BCUT2D eigenvalue weighted by Crippen LogP contribution is 2.22. The van der Waals surface area contributed by atoms with Crippen LogP contribution in [0.4, 0.5) is 0 Å². The Balaban J connectivity index is 1.73. The van der Waals surface area contributed by atoms with Gasteiger partial charge in [-0.3, -0.25) is 4.79 Å². The second-order valence-corrected chi connectivity index (χ2v) is 5.59. The predicted molar refractivity (Wildman–Crippen MR) is 86.6 cm³/mol. The molecule has 5 nitrogen and oxygen atoms in total. The van der Waals surface area contributed by atoms with Crippen LogP contribution in [0.2, 0.25) is 10.0 Å². The monoisotopic (exact) mass is 335 g/mol. The van der Waals surface area contributed by atoms with Crippen molar-refractivity contribution in [2.75, 3.05) is 0 Å². The fraction of sp³-hybridized carbons (Fsp3) is 0.0667. The third kappa shape index (κ3) is 3.00. The maximum Gasteiger partial charge on any atom is 0.323 e. The number of hydrogen-bond acceptors (Lipinski definition) is 2. The molecule has 0 spiro atoms. The molecular weight excluding hydrogens is 325 g/mol. The van der Waals surface area contributed by atoms with Crippen molar-refractivity contribution in [2.45, 2.75) is 6.54 Å². The van der Waals surface area contributed by atoms with Gasteiger partial charge in [0.2, 0.25) is 0 Å². The Bertz CT molecular complexity index is 915. The molecule has 0 fully saturated rings. The molecule has 7 heteroatoms. The number of amides is 1. The lowest BCUT2D eigenvalue weighted by Gasteiger charge is -2.06. The van der Waals surface area contributed by atoms with Gasteiger partial charge in [0.1, 0.15) is 0 Å². The van der Waals surface area contributed by atoms with Gasteiger partial charge in [-0.2, -0.15) is 0 Å². The van der Waals surface area contributed by atoms with Gasteiger partial charge in [0, 0.05) is 12.1 Å². The minimum absolute atomic E-state index is 0.249. The number of benzene rings is 2. The van der Waals surface area contributed by atoms with E-state index in [4.69, 9.17) is 23.2 Å². The van der Waals surface area contributed by atoms with Crippen LogP contribution >= 0.6 is 23.2 Å². The number of rotatable bonds is 3. The predicted octanol–water partition coefficient (Wildman–Crippen LogP) is 3.09. The number of aromatic amines is 2. The van der Waals surface area contributed by atoms with Crippen LogP contribution in [0.25, 0.3) is 11.0 Å². The van der Waals surface area contributed by atoms with E-state index >= 15 is 0 Å². The molecule has 0 bridgehead atoms. The molecule has 0 aliphatic rings.